The zero-order valence-electron chi connectivity index (χ0n) is 7.50. The van der Waals surface area contributed by atoms with E-state index < -0.39 is 0 Å². The summed E-state index contributed by atoms with van der Waals surface area (Å²) < 4.78 is 5.09. The van der Waals surface area contributed by atoms with Crippen LogP contribution in [-0.4, -0.2) is 4.98 Å². The van der Waals surface area contributed by atoms with Gasteiger partial charge in [0.05, 0.1) is 0 Å². The number of nitrogens with zero attached hydrogens (tertiary/aromatic N) is 1. The summed E-state index contributed by atoms with van der Waals surface area (Å²) in [6, 6.07) is 0. The second-order valence-electron chi connectivity index (χ2n) is 2.52. The van der Waals surface area contributed by atoms with Crippen molar-refractivity contribution in [2.75, 3.05) is 0 Å². The first-order valence-electron chi connectivity index (χ1n) is 4.03. The van der Waals surface area contributed by atoms with Gasteiger partial charge in [-0.05, 0) is 12.0 Å². The maximum atomic E-state index is 5.09. The fourth-order valence-corrected chi connectivity index (χ4v) is 1.01. The molecule has 2 nitrogen and oxygen atoms in total. The van der Waals surface area contributed by atoms with Gasteiger partial charge in [0.15, 0.2) is 5.89 Å². The molecule has 0 amide bonds. The highest BCUT2D eigenvalue weighted by molar-refractivity contribution is 5.70. The van der Waals surface area contributed by atoms with Crippen LogP contribution in [0.25, 0.3) is 5.57 Å². The van der Waals surface area contributed by atoms with Crippen LogP contribution in [0, 0.1) is 6.92 Å². The molecule has 0 fully saturated rings. The second kappa shape index (κ2) is 3.90. The van der Waals surface area contributed by atoms with Crippen LogP contribution in [0.5, 0.6) is 0 Å². The Labute approximate surface area is 72.6 Å². The Kier molecular flexibility index (Phi) is 2.86. The van der Waals surface area contributed by atoms with Gasteiger partial charge >= 0.3 is 0 Å². The third-order valence-corrected chi connectivity index (χ3v) is 1.56. The summed E-state index contributed by atoms with van der Waals surface area (Å²) in [5.41, 5.74) is 1.90. The quantitative estimate of drug-likeness (QED) is 0.640. The Morgan fingerprint density at radius 1 is 1.75 bits per heavy atom. The molecule has 1 aromatic rings. The molecule has 0 radical (unpaired) electrons. The van der Waals surface area contributed by atoms with Crippen molar-refractivity contribution in [3.05, 3.63) is 36.6 Å². The van der Waals surface area contributed by atoms with Gasteiger partial charge < -0.3 is 4.42 Å². The highest BCUT2D eigenvalue weighted by atomic mass is 16.3. The fraction of sp³-hybridized carbons (Fsp3) is 0.300. The zero-order chi connectivity index (χ0) is 8.97. The van der Waals surface area contributed by atoms with E-state index in [0.717, 1.165) is 17.7 Å². The van der Waals surface area contributed by atoms with Crippen LogP contribution in [-0.2, 0) is 0 Å². The van der Waals surface area contributed by atoms with Gasteiger partial charge in [0.25, 0.3) is 0 Å². The lowest BCUT2D eigenvalue weighted by atomic mass is 10.2. The molecular weight excluding hydrogens is 150 g/mol. The molecular formula is C10H13NO. The highest BCUT2D eigenvalue weighted by Gasteiger charge is 2.01. The molecule has 1 heterocycles. The summed E-state index contributed by atoms with van der Waals surface area (Å²) in [4.78, 5) is 4.19. The van der Waals surface area contributed by atoms with Gasteiger partial charge in [-0.3, -0.25) is 0 Å². The van der Waals surface area contributed by atoms with E-state index in [1.165, 1.54) is 0 Å². The monoisotopic (exact) mass is 163 g/mol. The molecule has 0 bridgehead atoms. The standard InChI is InChI=1S/C10H13NO/c1-4-6-9(5-2)10-7-12-8(3)11-10/h5-7H,2,4H2,1,3H3/b9-6+. The highest BCUT2D eigenvalue weighted by Crippen LogP contribution is 2.14. The number of allylic oxidation sites excluding steroid dienone is 3. The molecule has 0 saturated heterocycles. The van der Waals surface area contributed by atoms with Crippen LogP contribution < -0.4 is 0 Å². The Morgan fingerprint density at radius 3 is 2.92 bits per heavy atom. The van der Waals surface area contributed by atoms with Gasteiger partial charge in [-0.15, -0.1) is 0 Å². The Bertz CT molecular complexity index is 297. The number of aromatic nitrogens is 1. The summed E-state index contributed by atoms with van der Waals surface area (Å²) in [6.07, 6.45) is 6.50. The SMILES string of the molecule is C=C/C(=C\CC)c1coc(C)n1. The topological polar surface area (TPSA) is 26.0 Å². The fourth-order valence-electron chi connectivity index (χ4n) is 1.01. The molecule has 64 valence electrons. The molecule has 0 saturated carbocycles. The van der Waals surface area contributed by atoms with E-state index in [-0.39, 0.29) is 0 Å². The van der Waals surface area contributed by atoms with Gasteiger partial charge in [-0.1, -0.05) is 25.7 Å². The third kappa shape index (κ3) is 1.84. The maximum Gasteiger partial charge on any atom is 0.191 e. The Hall–Kier alpha value is -1.31. The second-order valence-corrected chi connectivity index (χ2v) is 2.52. The van der Waals surface area contributed by atoms with Crippen LogP contribution in [0.4, 0.5) is 0 Å². The molecule has 0 aliphatic rings. The van der Waals surface area contributed by atoms with Crippen molar-refractivity contribution in [2.45, 2.75) is 20.3 Å². The normalized spacial score (nSPS) is 11.7. The first kappa shape index (κ1) is 8.78. The largest absolute Gasteiger partial charge is 0.449 e. The van der Waals surface area contributed by atoms with Gasteiger partial charge in [-0.25, -0.2) is 4.98 Å². The molecule has 0 atom stereocenters. The first-order valence-corrected chi connectivity index (χ1v) is 4.03. The van der Waals surface area contributed by atoms with Crippen LogP contribution in [0.3, 0.4) is 0 Å². The lowest BCUT2D eigenvalue weighted by Crippen LogP contribution is -1.80. The average molecular weight is 163 g/mol. The van der Waals surface area contributed by atoms with E-state index in [1.807, 2.05) is 6.92 Å². The van der Waals surface area contributed by atoms with E-state index in [0.29, 0.717) is 5.89 Å². The van der Waals surface area contributed by atoms with Crippen molar-refractivity contribution < 1.29 is 4.42 Å². The smallest absolute Gasteiger partial charge is 0.191 e. The maximum absolute atomic E-state index is 5.09. The van der Waals surface area contributed by atoms with Gasteiger partial charge in [0.1, 0.15) is 12.0 Å². The molecule has 1 aromatic heterocycles. The van der Waals surface area contributed by atoms with Crippen LogP contribution in [0.1, 0.15) is 24.9 Å². The van der Waals surface area contributed by atoms with Crippen LogP contribution in [0.15, 0.2) is 29.4 Å². The van der Waals surface area contributed by atoms with E-state index in [2.05, 4.69) is 24.6 Å². The van der Waals surface area contributed by atoms with Crippen molar-refractivity contribution >= 4 is 5.57 Å². The molecule has 2 heteroatoms. The Morgan fingerprint density at radius 2 is 2.50 bits per heavy atom. The van der Waals surface area contributed by atoms with Crippen molar-refractivity contribution in [1.29, 1.82) is 0 Å². The van der Waals surface area contributed by atoms with Crippen molar-refractivity contribution in [1.82, 2.24) is 4.98 Å². The summed E-state index contributed by atoms with van der Waals surface area (Å²) in [6.45, 7) is 7.62. The van der Waals surface area contributed by atoms with Crippen LogP contribution in [0.2, 0.25) is 0 Å². The minimum absolute atomic E-state index is 0.689. The summed E-state index contributed by atoms with van der Waals surface area (Å²) in [7, 11) is 0. The predicted molar refractivity (Wildman–Crippen MR) is 49.7 cm³/mol. The number of oxazole rings is 1. The molecule has 0 aliphatic carbocycles. The van der Waals surface area contributed by atoms with E-state index in [4.69, 9.17) is 4.42 Å². The summed E-state index contributed by atoms with van der Waals surface area (Å²) >= 11 is 0. The lowest BCUT2D eigenvalue weighted by molar-refractivity contribution is 0.521. The molecule has 0 aromatic carbocycles. The summed E-state index contributed by atoms with van der Waals surface area (Å²) in [5, 5.41) is 0. The first-order chi connectivity index (χ1) is 5.77. The molecule has 0 N–H and O–H groups in total. The van der Waals surface area contributed by atoms with E-state index in [1.54, 1.807) is 12.3 Å². The number of hydrogen-bond donors (Lipinski definition) is 0. The van der Waals surface area contributed by atoms with Crippen LogP contribution >= 0.6 is 0 Å². The average Bonchev–Trinajstić information content (AvgIpc) is 2.47. The van der Waals surface area contributed by atoms with E-state index >= 15 is 0 Å². The van der Waals surface area contributed by atoms with Gasteiger partial charge in [0.2, 0.25) is 0 Å². The molecule has 1 rings (SSSR count). The van der Waals surface area contributed by atoms with Crippen molar-refractivity contribution in [3.63, 3.8) is 0 Å². The summed E-state index contributed by atoms with van der Waals surface area (Å²) in [5.74, 6) is 0.689. The minimum Gasteiger partial charge on any atom is -0.449 e. The van der Waals surface area contributed by atoms with Gasteiger partial charge in [-0.2, -0.15) is 0 Å². The van der Waals surface area contributed by atoms with Crippen molar-refractivity contribution in [2.24, 2.45) is 0 Å². The van der Waals surface area contributed by atoms with E-state index in [9.17, 15) is 0 Å². The lowest BCUT2D eigenvalue weighted by Gasteiger charge is -1.92. The molecule has 12 heavy (non-hydrogen) atoms. The zero-order valence-corrected chi connectivity index (χ0v) is 7.50. The third-order valence-electron chi connectivity index (χ3n) is 1.56. The number of hydrogen-bond acceptors (Lipinski definition) is 2. The predicted octanol–water partition coefficient (Wildman–Crippen LogP) is 2.96. The number of aryl methyl sites for hydroxylation is 1. The molecule has 0 spiro atoms. The van der Waals surface area contributed by atoms with Crippen molar-refractivity contribution in [3.8, 4) is 0 Å². The Balaban J connectivity index is 2.94. The minimum atomic E-state index is 0.689. The number of rotatable bonds is 3. The molecule has 0 unspecified atom stereocenters. The van der Waals surface area contributed by atoms with Gasteiger partial charge in [0, 0.05) is 6.92 Å². The molecule has 0 aliphatic heterocycles.